The molecule has 2 aliphatic carbocycles. The van der Waals surface area contributed by atoms with Gasteiger partial charge in [0.25, 0.3) is 0 Å². The normalized spacial score (nSPS) is 26.0. The molecule has 76 valence electrons. The topological polar surface area (TPSA) is 32.6 Å². The molecule has 1 aromatic rings. The molecule has 0 radical (unpaired) electrons. The van der Waals surface area contributed by atoms with Gasteiger partial charge in [-0.25, -0.2) is 0 Å². The highest BCUT2D eigenvalue weighted by molar-refractivity contribution is 5.88. The van der Waals surface area contributed by atoms with Gasteiger partial charge in [0.15, 0.2) is 0 Å². The lowest BCUT2D eigenvalue weighted by atomic mass is 9.82. The Bertz CT molecular complexity index is 459. The average molecular weight is 199 g/mol. The van der Waals surface area contributed by atoms with Crippen molar-refractivity contribution in [1.29, 1.82) is 0 Å². The van der Waals surface area contributed by atoms with Crippen molar-refractivity contribution in [3.05, 3.63) is 41.0 Å². The van der Waals surface area contributed by atoms with Crippen LogP contribution in [0.15, 0.2) is 35.0 Å². The summed E-state index contributed by atoms with van der Waals surface area (Å²) in [4.78, 5) is 0. The van der Waals surface area contributed by atoms with Gasteiger partial charge in [0, 0.05) is 5.92 Å². The summed E-state index contributed by atoms with van der Waals surface area (Å²) < 4.78 is 0. The van der Waals surface area contributed by atoms with Crippen LogP contribution in [-0.4, -0.2) is 10.9 Å². The van der Waals surface area contributed by atoms with Crippen molar-refractivity contribution in [3.8, 4) is 0 Å². The van der Waals surface area contributed by atoms with E-state index in [0.29, 0.717) is 5.92 Å². The Labute approximate surface area is 88.9 Å². The van der Waals surface area contributed by atoms with Crippen LogP contribution in [0.25, 0.3) is 6.08 Å². The number of benzene rings is 1. The predicted octanol–water partition coefficient (Wildman–Crippen LogP) is 3.18. The maximum absolute atomic E-state index is 8.83. The smallest absolute Gasteiger partial charge is 0.0583 e. The van der Waals surface area contributed by atoms with Crippen LogP contribution in [0.2, 0.25) is 0 Å². The Morgan fingerprint density at radius 2 is 2.07 bits per heavy atom. The number of fused-ring (bicyclic) bond motifs is 3. The SMILES string of the molecule is ON=C1CCC2=Cc3ccccc3C2C1. The van der Waals surface area contributed by atoms with E-state index in [2.05, 4.69) is 35.5 Å². The van der Waals surface area contributed by atoms with Gasteiger partial charge in [0.05, 0.1) is 5.71 Å². The molecule has 1 fully saturated rings. The first-order valence-corrected chi connectivity index (χ1v) is 5.37. The first-order valence-electron chi connectivity index (χ1n) is 5.37. The second-order valence-electron chi connectivity index (χ2n) is 4.27. The Morgan fingerprint density at radius 3 is 2.93 bits per heavy atom. The molecule has 0 heterocycles. The minimum atomic E-state index is 0.473. The molecule has 3 rings (SSSR count). The summed E-state index contributed by atoms with van der Waals surface area (Å²) >= 11 is 0. The lowest BCUT2D eigenvalue weighted by Gasteiger charge is -2.22. The van der Waals surface area contributed by atoms with Crippen LogP contribution >= 0.6 is 0 Å². The zero-order valence-corrected chi connectivity index (χ0v) is 8.48. The van der Waals surface area contributed by atoms with E-state index in [0.717, 1.165) is 25.0 Å². The van der Waals surface area contributed by atoms with Gasteiger partial charge in [-0.15, -0.1) is 0 Å². The molecule has 1 aromatic carbocycles. The van der Waals surface area contributed by atoms with E-state index in [-0.39, 0.29) is 0 Å². The molecule has 1 unspecified atom stereocenters. The Hall–Kier alpha value is -1.57. The van der Waals surface area contributed by atoms with Crippen molar-refractivity contribution in [2.45, 2.75) is 25.2 Å². The molecule has 1 N–H and O–H groups in total. The zero-order valence-electron chi connectivity index (χ0n) is 8.48. The molecule has 0 amide bonds. The molecule has 2 nitrogen and oxygen atoms in total. The molecule has 2 aliphatic rings. The summed E-state index contributed by atoms with van der Waals surface area (Å²) in [7, 11) is 0. The van der Waals surface area contributed by atoms with Crippen LogP contribution in [0.5, 0.6) is 0 Å². The van der Waals surface area contributed by atoms with Gasteiger partial charge < -0.3 is 5.21 Å². The Kier molecular flexibility index (Phi) is 1.88. The van der Waals surface area contributed by atoms with Crippen LogP contribution in [0.1, 0.15) is 36.3 Å². The van der Waals surface area contributed by atoms with Crippen LogP contribution in [0.4, 0.5) is 0 Å². The summed E-state index contributed by atoms with van der Waals surface area (Å²) in [6.07, 6.45) is 5.14. The third-order valence-corrected chi connectivity index (χ3v) is 3.44. The fourth-order valence-corrected chi connectivity index (χ4v) is 2.66. The third kappa shape index (κ3) is 1.29. The van der Waals surface area contributed by atoms with Crippen LogP contribution < -0.4 is 0 Å². The first kappa shape index (κ1) is 8.72. The molecule has 1 saturated carbocycles. The number of hydrogen-bond acceptors (Lipinski definition) is 2. The molecule has 0 bridgehead atoms. The molecule has 15 heavy (non-hydrogen) atoms. The third-order valence-electron chi connectivity index (χ3n) is 3.44. The maximum Gasteiger partial charge on any atom is 0.0583 e. The molecule has 2 heteroatoms. The second-order valence-corrected chi connectivity index (χ2v) is 4.27. The van der Waals surface area contributed by atoms with E-state index in [1.165, 1.54) is 16.7 Å². The largest absolute Gasteiger partial charge is 0.411 e. The first-order chi connectivity index (χ1) is 7.38. The van der Waals surface area contributed by atoms with Crippen LogP contribution in [0, 0.1) is 0 Å². The van der Waals surface area contributed by atoms with Gasteiger partial charge in [-0.2, -0.15) is 0 Å². The fraction of sp³-hybridized carbons (Fsp3) is 0.308. The van der Waals surface area contributed by atoms with Gasteiger partial charge in [-0.3, -0.25) is 0 Å². The van der Waals surface area contributed by atoms with Crippen molar-refractivity contribution in [2.75, 3.05) is 0 Å². The van der Waals surface area contributed by atoms with E-state index in [9.17, 15) is 0 Å². The van der Waals surface area contributed by atoms with Gasteiger partial charge in [-0.05, 0) is 30.4 Å². The summed E-state index contributed by atoms with van der Waals surface area (Å²) in [6, 6.07) is 8.51. The summed E-state index contributed by atoms with van der Waals surface area (Å²) in [5.74, 6) is 0.473. The summed E-state index contributed by atoms with van der Waals surface area (Å²) in [5.41, 5.74) is 5.18. The molecular formula is C13H13NO. The van der Waals surface area contributed by atoms with Gasteiger partial charge in [0.2, 0.25) is 0 Å². The molecule has 0 aromatic heterocycles. The maximum atomic E-state index is 8.83. The number of hydrogen-bond donors (Lipinski definition) is 1. The monoisotopic (exact) mass is 199 g/mol. The standard InChI is InChI=1S/C13H13NO/c15-14-11-6-5-10-7-9-3-1-2-4-12(9)13(10)8-11/h1-4,7,13,15H,5-6,8H2. The Balaban J connectivity index is 2.02. The highest BCUT2D eigenvalue weighted by Gasteiger charge is 2.29. The zero-order chi connectivity index (χ0) is 10.3. The number of oxime groups is 1. The van der Waals surface area contributed by atoms with Crippen molar-refractivity contribution in [1.82, 2.24) is 0 Å². The highest BCUT2D eigenvalue weighted by atomic mass is 16.4. The van der Waals surface area contributed by atoms with E-state index in [1.807, 2.05) is 0 Å². The highest BCUT2D eigenvalue weighted by Crippen LogP contribution is 2.43. The molecule has 0 aliphatic heterocycles. The van der Waals surface area contributed by atoms with Crippen LogP contribution in [0.3, 0.4) is 0 Å². The van der Waals surface area contributed by atoms with Gasteiger partial charge in [0.1, 0.15) is 0 Å². The fourth-order valence-electron chi connectivity index (χ4n) is 2.66. The molecule has 0 spiro atoms. The predicted molar refractivity (Wildman–Crippen MR) is 60.2 cm³/mol. The number of rotatable bonds is 0. The molecule has 1 atom stereocenters. The number of nitrogens with zero attached hydrogens (tertiary/aromatic N) is 1. The minimum absolute atomic E-state index is 0.473. The van der Waals surface area contributed by atoms with Crippen molar-refractivity contribution >= 4 is 11.8 Å². The minimum Gasteiger partial charge on any atom is -0.411 e. The lowest BCUT2D eigenvalue weighted by Crippen LogP contribution is -2.14. The van der Waals surface area contributed by atoms with E-state index in [4.69, 9.17) is 5.21 Å². The van der Waals surface area contributed by atoms with E-state index >= 15 is 0 Å². The molecule has 0 saturated heterocycles. The van der Waals surface area contributed by atoms with E-state index < -0.39 is 0 Å². The van der Waals surface area contributed by atoms with Crippen molar-refractivity contribution in [2.24, 2.45) is 5.16 Å². The van der Waals surface area contributed by atoms with Crippen molar-refractivity contribution in [3.63, 3.8) is 0 Å². The Morgan fingerprint density at radius 1 is 1.20 bits per heavy atom. The number of allylic oxidation sites excluding steroid dienone is 1. The lowest BCUT2D eigenvalue weighted by molar-refractivity contribution is 0.315. The van der Waals surface area contributed by atoms with Gasteiger partial charge in [-0.1, -0.05) is 41.1 Å². The van der Waals surface area contributed by atoms with E-state index in [1.54, 1.807) is 0 Å². The second kappa shape index (κ2) is 3.23. The average Bonchev–Trinajstić information content (AvgIpc) is 2.66. The summed E-state index contributed by atoms with van der Waals surface area (Å²) in [5, 5.41) is 12.2. The summed E-state index contributed by atoms with van der Waals surface area (Å²) in [6.45, 7) is 0. The molecular weight excluding hydrogens is 186 g/mol. The van der Waals surface area contributed by atoms with Crippen LogP contribution in [-0.2, 0) is 0 Å². The van der Waals surface area contributed by atoms with Gasteiger partial charge >= 0.3 is 0 Å². The quantitative estimate of drug-likeness (QED) is 0.505. The van der Waals surface area contributed by atoms with Crippen molar-refractivity contribution < 1.29 is 5.21 Å².